The Morgan fingerprint density at radius 2 is 2.24 bits per heavy atom. The van der Waals surface area contributed by atoms with Crippen LogP contribution in [0.1, 0.15) is 30.5 Å². The van der Waals surface area contributed by atoms with Crippen LogP contribution in [0.15, 0.2) is 33.7 Å². The number of piperidine rings is 1. The second-order valence-corrected chi connectivity index (χ2v) is 6.84. The van der Waals surface area contributed by atoms with Gasteiger partial charge >= 0.3 is 11.8 Å². The number of hydrogen-bond donors (Lipinski definition) is 1. The van der Waals surface area contributed by atoms with E-state index < -0.39 is 11.8 Å². The third-order valence-corrected chi connectivity index (χ3v) is 4.85. The fourth-order valence-corrected chi connectivity index (χ4v) is 3.33. The van der Waals surface area contributed by atoms with E-state index in [9.17, 15) is 9.59 Å². The van der Waals surface area contributed by atoms with Crippen molar-refractivity contribution >= 4 is 29.3 Å². The highest BCUT2D eigenvalue weighted by Gasteiger charge is 2.31. The summed E-state index contributed by atoms with van der Waals surface area (Å²) in [5, 5.41) is 6.48. The number of aryl methyl sites for hydroxylation is 1. The van der Waals surface area contributed by atoms with Crippen LogP contribution in [0.25, 0.3) is 0 Å². The molecule has 2 heterocycles. The van der Waals surface area contributed by atoms with Gasteiger partial charge in [-0.05, 0) is 44.2 Å². The summed E-state index contributed by atoms with van der Waals surface area (Å²) in [4.78, 5) is 31.6. The molecule has 8 heteroatoms. The highest BCUT2D eigenvalue weighted by molar-refractivity contribution is 7.98. The van der Waals surface area contributed by atoms with Crippen LogP contribution in [0.5, 0.6) is 0 Å². The maximum absolute atomic E-state index is 12.5. The van der Waals surface area contributed by atoms with Crippen LogP contribution in [-0.4, -0.2) is 46.2 Å². The molecular weight excluding hydrogens is 340 g/mol. The summed E-state index contributed by atoms with van der Waals surface area (Å²) in [6.45, 7) is 2.73. The summed E-state index contributed by atoms with van der Waals surface area (Å²) in [6, 6.07) is 7.41. The van der Waals surface area contributed by atoms with E-state index in [2.05, 4.69) is 15.5 Å². The minimum absolute atomic E-state index is 0.0217. The number of carbonyl (C=O) groups excluding carboxylic acids is 2. The molecule has 1 aromatic carbocycles. The van der Waals surface area contributed by atoms with E-state index in [0.717, 1.165) is 17.7 Å². The number of carbonyl (C=O) groups is 2. The van der Waals surface area contributed by atoms with Crippen molar-refractivity contribution in [3.8, 4) is 0 Å². The van der Waals surface area contributed by atoms with Crippen molar-refractivity contribution in [2.75, 3.05) is 24.7 Å². The van der Waals surface area contributed by atoms with Crippen LogP contribution in [0.2, 0.25) is 0 Å². The van der Waals surface area contributed by atoms with Gasteiger partial charge in [-0.15, -0.1) is 11.8 Å². The van der Waals surface area contributed by atoms with E-state index in [0.29, 0.717) is 30.5 Å². The third-order valence-electron chi connectivity index (χ3n) is 4.12. The van der Waals surface area contributed by atoms with Gasteiger partial charge in [-0.3, -0.25) is 9.59 Å². The quantitative estimate of drug-likeness (QED) is 0.668. The van der Waals surface area contributed by atoms with Crippen molar-refractivity contribution < 1.29 is 14.1 Å². The molecule has 2 aromatic rings. The molecule has 132 valence electrons. The Bertz CT molecular complexity index is 777. The van der Waals surface area contributed by atoms with Gasteiger partial charge in [-0.1, -0.05) is 11.2 Å². The molecule has 0 saturated carbocycles. The van der Waals surface area contributed by atoms with E-state index in [1.165, 1.54) is 0 Å². The molecule has 1 saturated heterocycles. The van der Waals surface area contributed by atoms with E-state index in [1.54, 1.807) is 29.7 Å². The van der Waals surface area contributed by atoms with Crippen LogP contribution in [0.3, 0.4) is 0 Å². The molecule has 7 nitrogen and oxygen atoms in total. The first-order valence-electron chi connectivity index (χ1n) is 8.11. The fraction of sp³-hybridized carbons (Fsp3) is 0.412. The molecule has 3 rings (SSSR count). The number of likely N-dealkylation sites (tertiary alicyclic amines) is 1. The van der Waals surface area contributed by atoms with E-state index in [-0.39, 0.29) is 5.92 Å². The van der Waals surface area contributed by atoms with Gasteiger partial charge in [-0.2, -0.15) is 4.98 Å². The summed E-state index contributed by atoms with van der Waals surface area (Å²) in [5.41, 5.74) is 0.617. The molecule has 1 fully saturated rings. The summed E-state index contributed by atoms with van der Waals surface area (Å²) in [7, 11) is 0. The Morgan fingerprint density at radius 1 is 1.40 bits per heavy atom. The lowest BCUT2D eigenvalue weighted by molar-refractivity contribution is -0.144. The molecular formula is C17H20N4O3S. The van der Waals surface area contributed by atoms with Crippen molar-refractivity contribution in [1.29, 1.82) is 0 Å². The summed E-state index contributed by atoms with van der Waals surface area (Å²) in [5.74, 6) is -0.0735. The average molecular weight is 360 g/mol. The maximum Gasteiger partial charge on any atom is 0.313 e. The summed E-state index contributed by atoms with van der Waals surface area (Å²) in [6.07, 6.45) is 3.62. The highest BCUT2D eigenvalue weighted by atomic mass is 32.2. The van der Waals surface area contributed by atoms with E-state index in [4.69, 9.17) is 4.52 Å². The Morgan fingerprint density at radius 3 is 2.96 bits per heavy atom. The third kappa shape index (κ3) is 4.19. The summed E-state index contributed by atoms with van der Waals surface area (Å²) >= 11 is 1.58. The number of thioether (sulfide) groups is 1. The Hall–Kier alpha value is -2.35. The lowest BCUT2D eigenvalue weighted by Crippen LogP contribution is -2.44. The molecule has 2 amide bonds. The van der Waals surface area contributed by atoms with Crippen LogP contribution >= 0.6 is 11.8 Å². The lowest BCUT2D eigenvalue weighted by atomic mass is 9.98. The Labute approximate surface area is 150 Å². The van der Waals surface area contributed by atoms with E-state index >= 15 is 0 Å². The SMILES string of the molecule is CSc1cccc(NC(=O)C(=O)N2CCCC(c3nc(C)no3)C2)c1. The van der Waals surface area contributed by atoms with Gasteiger partial charge in [0.05, 0.1) is 5.92 Å². The van der Waals surface area contributed by atoms with Crippen LogP contribution in [-0.2, 0) is 9.59 Å². The zero-order valence-electron chi connectivity index (χ0n) is 14.2. The van der Waals surface area contributed by atoms with Crippen LogP contribution < -0.4 is 5.32 Å². The van der Waals surface area contributed by atoms with Gasteiger partial charge in [0.1, 0.15) is 0 Å². The first-order valence-corrected chi connectivity index (χ1v) is 9.34. The monoisotopic (exact) mass is 360 g/mol. The molecule has 0 aliphatic carbocycles. The van der Waals surface area contributed by atoms with Crippen molar-refractivity contribution in [3.63, 3.8) is 0 Å². The minimum atomic E-state index is -0.624. The number of anilines is 1. The normalized spacial score (nSPS) is 17.4. The van der Waals surface area contributed by atoms with Crippen molar-refractivity contribution in [3.05, 3.63) is 36.0 Å². The highest BCUT2D eigenvalue weighted by Crippen LogP contribution is 2.26. The maximum atomic E-state index is 12.5. The van der Waals surface area contributed by atoms with Crippen LogP contribution in [0, 0.1) is 6.92 Å². The lowest BCUT2D eigenvalue weighted by Gasteiger charge is -2.30. The number of nitrogens with zero attached hydrogens (tertiary/aromatic N) is 3. The zero-order valence-corrected chi connectivity index (χ0v) is 15.0. The van der Waals surface area contributed by atoms with Gasteiger partial charge in [0.15, 0.2) is 5.82 Å². The molecule has 0 radical (unpaired) electrons. The second kappa shape index (κ2) is 7.69. The fourth-order valence-electron chi connectivity index (χ4n) is 2.87. The number of benzene rings is 1. The molecule has 1 aliphatic rings. The number of nitrogens with one attached hydrogen (secondary N) is 1. The largest absolute Gasteiger partial charge is 0.339 e. The summed E-state index contributed by atoms with van der Waals surface area (Å²) < 4.78 is 5.21. The topological polar surface area (TPSA) is 88.3 Å². The minimum Gasteiger partial charge on any atom is -0.339 e. The van der Waals surface area contributed by atoms with Gasteiger partial charge in [0.2, 0.25) is 5.89 Å². The molecule has 0 bridgehead atoms. The molecule has 0 spiro atoms. The average Bonchev–Trinajstić information content (AvgIpc) is 3.07. The number of rotatable bonds is 3. The standard InChI is InChI=1S/C17H20N4O3S/c1-11-18-16(24-20-11)12-5-4-8-21(10-12)17(23)15(22)19-13-6-3-7-14(9-13)25-2/h3,6-7,9,12H,4-5,8,10H2,1-2H3,(H,19,22). The van der Waals surface area contributed by atoms with Gasteiger partial charge in [-0.25, -0.2) is 0 Å². The van der Waals surface area contributed by atoms with Gasteiger partial charge < -0.3 is 14.7 Å². The Balaban J connectivity index is 1.64. The van der Waals surface area contributed by atoms with E-state index in [1.807, 2.05) is 24.5 Å². The number of hydrogen-bond acceptors (Lipinski definition) is 6. The predicted octanol–water partition coefficient (Wildman–Crippen LogP) is 2.44. The molecule has 1 aliphatic heterocycles. The van der Waals surface area contributed by atoms with Crippen molar-refractivity contribution in [2.24, 2.45) is 0 Å². The molecule has 1 aromatic heterocycles. The molecule has 1 N–H and O–H groups in total. The van der Waals surface area contributed by atoms with Crippen LogP contribution in [0.4, 0.5) is 5.69 Å². The predicted molar refractivity (Wildman–Crippen MR) is 94.4 cm³/mol. The molecule has 25 heavy (non-hydrogen) atoms. The number of amides is 2. The Kier molecular flexibility index (Phi) is 5.37. The molecule has 1 unspecified atom stereocenters. The first kappa shape index (κ1) is 17.5. The van der Waals surface area contributed by atoms with Crippen molar-refractivity contribution in [2.45, 2.75) is 30.6 Å². The van der Waals surface area contributed by atoms with Gasteiger partial charge in [0, 0.05) is 23.7 Å². The first-order chi connectivity index (χ1) is 12.1. The van der Waals surface area contributed by atoms with Crippen molar-refractivity contribution in [1.82, 2.24) is 15.0 Å². The number of aromatic nitrogens is 2. The smallest absolute Gasteiger partial charge is 0.313 e. The van der Waals surface area contributed by atoms with Gasteiger partial charge in [0.25, 0.3) is 0 Å². The second-order valence-electron chi connectivity index (χ2n) is 5.96. The molecule has 1 atom stereocenters. The zero-order chi connectivity index (χ0) is 17.8.